The fourth-order valence-electron chi connectivity index (χ4n) is 1.75. The van der Waals surface area contributed by atoms with E-state index in [0.29, 0.717) is 18.2 Å². The molecular weight excluding hydrogens is 316 g/mol. The lowest BCUT2D eigenvalue weighted by molar-refractivity contribution is 0.0602. The number of esters is 1. The van der Waals surface area contributed by atoms with Crippen LogP contribution in [0, 0.1) is 11.6 Å². The van der Waals surface area contributed by atoms with E-state index in [9.17, 15) is 22.0 Å². The molecule has 0 saturated carbocycles. The third-order valence-corrected chi connectivity index (χ3v) is 4.07. The zero-order chi connectivity index (χ0) is 16.3. The van der Waals surface area contributed by atoms with E-state index in [1.807, 2.05) is 0 Å². The summed E-state index contributed by atoms with van der Waals surface area (Å²) in [6.45, 7) is 0. The predicted molar refractivity (Wildman–Crippen MR) is 74.9 cm³/mol. The normalized spacial score (nSPS) is 11.0. The maximum absolute atomic E-state index is 13.2. The number of benzene rings is 2. The maximum atomic E-state index is 13.2. The Hall–Kier alpha value is -2.48. The van der Waals surface area contributed by atoms with Gasteiger partial charge in [0.05, 0.1) is 23.3 Å². The summed E-state index contributed by atoms with van der Waals surface area (Å²) in [5.41, 5.74) is -0.0792. The van der Waals surface area contributed by atoms with E-state index >= 15 is 0 Å². The highest BCUT2D eigenvalue weighted by Gasteiger charge is 2.20. The van der Waals surface area contributed by atoms with Crippen LogP contribution in [0.4, 0.5) is 14.5 Å². The van der Waals surface area contributed by atoms with Crippen LogP contribution in [0.25, 0.3) is 0 Å². The van der Waals surface area contributed by atoms with Crippen LogP contribution in [0.3, 0.4) is 0 Å². The highest BCUT2D eigenvalue weighted by molar-refractivity contribution is 7.92. The molecule has 0 unspecified atom stereocenters. The van der Waals surface area contributed by atoms with Gasteiger partial charge in [0.1, 0.15) is 11.6 Å². The van der Waals surface area contributed by atoms with Crippen LogP contribution in [-0.2, 0) is 14.8 Å². The SMILES string of the molecule is COC(=O)c1ccccc1NS(=O)(=O)c1cc(F)cc(F)c1. The summed E-state index contributed by atoms with van der Waals surface area (Å²) in [6.07, 6.45) is 0. The van der Waals surface area contributed by atoms with Crippen molar-refractivity contribution >= 4 is 21.7 Å². The summed E-state index contributed by atoms with van der Waals surface area (Å²) in [5.74, 6) is -2.80. The Morgan fingerprint density at radius 3 is 2.27 bits per heavy atom. The Bertz CT molecular complexity index is 801. The highest BCUT2D eigenvalue weighted by atomic mass is 32.2. The minimum atomic E-state index is -4.26. The number of halogens is 2. The van der Waals surface area contributed by atoms with Gasteiger partial charge in [0.2, 0.25) is 0 Å². The molecule has 2 aromatic carbocycles. The molecule has 0 saturated heterocycles. The summed E-state index contributed by atoms with van der Waals surface area (Å²) in [5, 5.41) is 0. The van der Waals surface area contributed by atoms with Gasteiger partial charge >= 0.3 is 5.97 Å². The molecule has 8 heteroatoms. The molecule has 0 amide bonds. The van der Waals surface area contributed by atoms with Crippen LogP contribution in [0.2, 0.25) is 0 Å². The van der Waals surface area contributed by atoms with Gasteiger partial charge < -0.3 is 4.74 Å². The summed E-state index contributed by atoms with van der Waals surface area (Å²) in [6, 6.07) is 7.61. The van der Waals surface area contributed by atoms with Crippen LogP contribution >= 0.6 is 0 Å². The number of hydrogen-bond acceptors (Lipinski definition) is 4. The van der Waals surface area contributed by atoms with E-state index in [-0.39, 0.29) is 11.3 Å². The van der Waals surface area contributed by atoms with Crippen LogP contribution in [0.5, 0.6) is 0 Å². The number of carbonyl (C=O) groups is 1. The number of sulfonamides is 1. The first-order valence-electron chi connectivity index (χ1n) is 6.00. The molecule has 0 spiro atoms. The van der Waals surface area contributed by atoms with Crippen molar-refractivity contribution in [2.75, 3.05) is 11.8 Å². The molecule has 2 rings (SSSR count). The monoisotopic (exact) mass is 327 g/mol. The second-order valence-electron chi connectivity index (χ2n) is 4.25. The van der Waals surface area contributed by atoms with E-state index in [1.165, 1.54) is 24.3 Å². The summed E-state index contributed by atoms with van der Waals surface area (Å²) < 4.78 is 57.3. The topological polar surface area (TPSA) is 72.5 Å². The highest BCUT2D eigenvalue weighted by Crippen LogP contribution is 2.21. The van der Waals surface area contributed by atoms with Gasteiger partial charge in [-0.3, -0.25) is 4.72 Å². The van der Waals surface area contributed by atoms with E-state index in [1.54, 1.807) is 0 Å². The van der Waals surface area contributed by atoms with Crippen molar-refractivity contribution in [2.24, 2.45) is 0 Å². The third kappa shape index (κ3) is 3.40. The lowest BCUT2D eigenvalue weighted by atomic mass is 10.2. The van der Waals surface area contributed by atoms with Crippen molar-refractivity contribution < 1.29 is 26.7 Å². The number of nitrogens with one attached hydrogen (secondary N) is 1. The second kappa shape index (κ2) is 6.10. The fraction of sp³-hybridized carbons (Fsp3) is 0.0714. The number of ether oxygens (including phenoxy) is 1. The molecule has 0 fully saturated rings. The minimum absolute atomic E-state index is 0.0227. The zero-order valence-corrected chi connectivity index (χ0v) is 12.2. The van der Waals surface area contributed by atoms with Crippen molar-refractivity contribution in [3.8, 4) is 0 Å². The average Bonchev–Trinajstić information content (AvgIpc) is 2.45. The molecule has 0 aliphatic carbocycles. The van der Waals surface area contributed by atoms with Crippen LogP contribution in [0.15, 0.2) is 47.4 Å². The number of para-hydroxylation sites is 1. The molecule has 0 aromatic heterocycles. The maximum Gasteiger partial charge on any atom is 0.339 e. The quantitative estimate of drug-likeness (QED) is 0.876. The van der Waals surface area contributed by atoms with Gasteiger partial charge in [-0.15, -0.1) is 0 Å². The lowest BCUT2D eigenvalue weighted by Gasteiger charge is -2.11. The molecule has 2 aromatic rings. The number of carbonyl (C=O) groups excluding carboxylic acids is 1. The first-order chi connectivity index (χ1) is 10.3. The van der Waals surface area contributed by atoms with Crippen molar-refractivity contribution in [2.45, 2.75) is 4.90 Å². The Balaban J connectivity index is 2.43. The minimum Gasteiger partial charge on any atom is -0.465 e. The van der Waals surface area contributed by atoms with Crippen LogP contribution < -0.4 is 4.72 Å². The van der Waals surface area contributed by atoms with Gasteiger partial charge in [-0.05, 0) is 24.3 Å². The molecule has 0 atom stereocenters. The Morgan fingerprint density at radius 2 is 1.68 bits per heavy atom. The van der Waals surface area contributed by atoms with Gasteiger partial charge in [0, 0.05) is 6.07 Å². The molecule has 116 valence electrons. The first kappa shape index (κ1) is 15.9. The molecule has 0 radical (unpaired) electrons. The van der Waals surface area contributed by atoms with Crippen LogP contribution in [-0.4, -0.2) is 21.5 Å². The van der Waals surface area contributed by atoms with E-state index in [2.05, 4.69) is 9.46 Å². The fourth-order valence-corrected chi connectivity index (χ4v) is 2.87. The second-order valence-corrected chi connectivity index (χ2v) is 5.93. The largest absolute Gasteiger partial charge is 0.465 e. The lowest BCUT2D eigenvalue weighted by Crippen LogP contribution is -2.16. The summed E-state index contributed by atoms with van der Waals surface area (Å²) in [4.78, 5) is 11.0. The standard InChI is InChI=1S/C14H11F2NO4S/c1-21-14(18)12-4-2-3-5-13(12)17-22(19,20)11-7-9(15)6-10(16)8-11/h2-8,17H,1H3. The zero-order valence-electron chi connectivity index (χ0n) is 11.3. The number of methoxy groups -OCH3 is 1. The van der Waals surface area contributed by atoms with Crippen molar-refractivity contribution in [3.05, 3.63) is 59.7 Å². The number of anilines is 1. The van der Waals surface area contributed by atoms with Gasteiger partial charge in [0.15, 0.2) is 0 Å². The van der Waals surface area contributed by atoms with Crippen molar-refractivity contribution in [1.29, 1.82) is 0 Å². The van der Waals surface area contributed by atoms with E-state index in [4.69, 9.17) is 0 Å². The third-order valence-electron chi connectivity index (χ3n) is 2.72. The van der Waals surface area contributed by atoms with E-state index < -0.39 is 32.5 Å². The van der Waals surface area contributed by atoms with Crippen LogP contribution in [0.1, 0.15) is 10.4 Å². The average molecular weight is 327 g/mol. The van der Waals surface area contributed by atoms with E-state index in [0.717, 1.165) is 7.11 Å². The number of rotatable bonds is 4. The molecule has 0 aliphatic rings. The van der Waals surface area contributed by atoms with Gasteiger partial charge in [-0.2, -0.15) is 0 Å². The molecule has 1 N–H and O–H groups in total. The van der Waals surface area contributed by atoms with Crippen molar-refractivity contribution in [1.82, 2.24) is 0 Å². The molecule has 22 heavy (non-hydrogen) atoms. The van der Waals surface area contributed by atoms with Gasteiger partial charge in [-0.1, -0.05) is 12.1 Å². The molecule has 0 aliphatic heterocycles. The smallest absolute Gasteiger partial charge is 0.339 e. The number of hydrogen-bond donors (Lipinski definition) is 1. The predicted octanol–water partition coefficient (Wildman–Crippen LogP) is 2.55. The summed E-state index contributed by atoms with van der Waals surface area (Å²) >= 11 is 0. The Morgan fingerprint density at radius 1 is 1.09 bits per heavy atom. The molecule has 5 nitrogen and oxygen atoms in total. The summed E-state index contributed by atoms with van der Waals surface area (Å²) in [7, 11) is -3.11. The molecular formula is C14H11F2NO4S. The molecule has 0 bridgehead atoms. The first-order valence-corrected chi connectivity index (χ1v) is 7.48. The molecule has 0 heterocycles. The Labute approximate surface area is 125 Å². The van der Waals surface area contributed by atoms with Gasteiger partial charge in [0.25, 0.3) is 10.0 Å². The van der Waals surface area contributed by atoms with Crippen molar-refractivity contribution in [3.63, 3.8) is 0 Å². The Kier molecular flexibility index (Phi) is 4.41. The van der Waals surface area contributed by atoms with Gasteiger partial charge in [-0.25, -0.2) is 22.0 Å².